The molecule has 13 heavy (non-hydrogen) atoms. The van der Waals surface area contributed by atoms with Gasteiger partial charge in [-0.15, -0.1) is 35.7 Å². The molecule has 1 nitrogen and oxygen atoms in total. The average Bonchev–Trinajstić information content (AvgIpc) is 2.50. The maximum atomic E-state index is 9.56. The van der Waals surface area contributed by atoms with Gasteiger partial charge in [0, 0.05) is 20.6 Å². The molecule has 0 radical (unpaired) electrons. The molecule has 0 unspecified atom stereocenters. The Morgan fingerprint density at radius 2 is 2.23 bits per heavy atom. The number of hydrogen-bond donors (Lipinski definition) is 2. The summed E-state index contributed by atoms with van der Waals surface area (Å²) in [6.07, 6.45) is 2.03. The van der Waals surface area contributed by atoms with Crippen molar-refractivity contribution in [2.75, 3.05) is 6.26 Å². The minimum atomic E-state index is 0.334. The Kier molecular flexibility index (Phi) is 2.45. The van der Waals surface area contributed by atoms with Crippen LogP contribution in [0.25, 0.3) is 10.1 Å². The van der Waals surface area contributed by atoms with Gasteiger partial charge in [0.05, 0.1) is 4.70 Å². The second-order valence-electron chi connectivity index (χ2n) is 2.61. The third-order valence-electron chi connectivity index (χ3n) is 1.86. The largest absolute Gasteiger partial charge is 0.506 e. The van der Waals surface area contributed by atoms with Crippen LogP contribution in [0.2, 0.25) is 0 Å². The van der Waals surface area contributed by atoms with E-state index in [1.165, 1.54) is 4.90 Å². The molecule has 0 atom stereocenters. The van der Waals surface area contributed by atoms with Crippen LogP contribution in [0.1, 0.15) is 0 Å². The Morgan fingerprint density at radius 3 is 2.92 bits per heavy atom. The van der Waals surface area contributed by atoms with Crippen molar-refractivity contribution in [1.82, 2.24) is 0 Å². The zero-order valence-electron chi connectivity index (χ0n) is 6.94. The average molecular weight is 228 g/mol. The lowest BCUT2D eigenvalue weighted by Crippen LogP contribution is -1.73. The highest BCUT2D eigenvalue weighted by molar-refractivity contribution is 7.99. The number of thioether (sulfide) groups is 1. The molecule has 0 aliphatic heterocycles. The second-order valence-corrected chi connectivity index (χ2v) is 4.82. The van der Waals surface area contributed by atoms with E-state index in [-0.39, 0.29) is 0 Å². The minimum Gasteiger partial charge on any atom is -0.506 e. The molecular weight excluding hydrogens is 220 g/mol. The highest BCUT2D eigenvalue weighted by atomic mass is 32.2. The summed E-state index contributed by atoms with van der Waals surface area (Å²) in [6, 6.07) is 3.95. The summed E-state index contributed by atoms with van der Waals surface area (Å²) < 4.78 is 1.12. The summed E-state index contributed by atoms with van der Waals surface area (Å²) in [5, 5.41) is 12.2. The summed E-state index contributed by atoms with van der Waals surface area (Å²) in [6.45, 7) is 0. The van der Waals surface area contributed by atoms with Crippen molar-refractivity contribution < 1.29 is 5.11 Å². The van der Waals surface area contributed by atoms with Crippen molar-refractivity contribution in [3.8, 4) is 5.75 Å². The molecule has 2 aromatic rings. The molecular formula is C9H8OS3. The van der Waals surface area contributed by atoms with Gasteiger partial charge >= 0.3 is 0 Å². The van der Waals surface area contributed by atoms with Gasteiger partial charge in [-0.05, 0) is 18.4 Å². The zero-order chi connectivity index (χ0) is 9.42. The number of rotatable bonds is 1. The Balaban J connectivity index is 2.87. The van der Waals surface area contributed by atoms with Gasteiger partial charge in [-0.3, -0.25) is 0 Å². The summed E-state index contributed by atoms with van der Waals surface area (Å²) in [5.41, 5.74) is 0. The molecule has 0 spiro atoms. The summed E-state index contributed by atoms with van der Waals surface area (Å²) in [4.78, 5) is 2.03. The number of hydrogen-bond acceptors (Lipinski definition) is 4. The predicted molar refractivity (Wildman–Crippen MR) is 62.5 cm³/mol. The van der Waals surface area contributed by atoms with E-state index >= 15 is 0 Å². The SMILES string of the molecule is CSc1ccc(S)c2c(O)csc12. The number of aromatic hydroxyl groups is 1. The summed E-state index contributed by atoms with van der Waals surface area (Å²) in [5.74, 6) is 0.334. The van der Waals surface area contributed by atoms with Gasteiger partial charge in [0.15, 0.2) is 0 Å². The Bertz CT molecular complexity index is 447. The molecule has 0 amide bonds. The number of thiophene rings is 1. The topological polar surface area (TPSA) is 20.2 Å². The molecule has 1 aromatic heterocycles. The zero-order valence-corrected chi connectivity index (χ0v) is 9.47. The van der Waals surface area contributed by atoms with Crippen molar-refractivity contribution in [1.29, 1.82) is 0 Å². The molecule has 0 aliphatic carbocycles. The van der Waals surface area contributed by atoms with E-state index in [2.05, 4.69) is 12.6 Å². The van der Waals surface area contributed by atoms with Gasteiger partial charge in [-0.2, -0.15) is 0 Å². The molecule has 0 aliphatic rings. The van der Waals surface area contributed by atoms with Crippen LogP contribution in [-0.2, 0) is 0 Å². The third kappa shape index (κ3) is 1.43. The smallest absolute Gasteiger partial charge is 0.135 e. The van der Waals surface area contributed by atoms with E-state index in [1.54, 1.807) is 28.5 Å². The van der Waals surface area contributed by atoms with Crippen molar-refractivity contribution in [3.63, 3.8) is 0 Å². The van der Waals surface area contributed by atoms with E-state index < -0.39 is 0 Å². The highest BCUT2D eigenvalue weighted by Crippen LogP contribution is 2.40. The van der Waals surface area contributed by atoms with Gasteiger partial charge in [0.25, 0.3) is 0 Å². The fourth-order valence-electron chi connectivity index (χ4n) is 1.25. The molecule has 0 fully saturated rings. The first-order valence-electron chi connectivity index (χ1n) is 3.70. The Morgan fingerprint density at radius 1 is 1.46 bits per heavy atom. The van der Waals surface area contributed by atoms with Crippen molar-refractivity contribution >= 4 is 45.8 Å². The van der Waals surface area contributed by atoms with E-state index in [4.69, 9.17) is 0 Å². The molecule has 0 saturated heterocycles. The third-order valence-corrected chi connectivity index (χ3v) is 4.15. The predicted octanol–water partition coefficient (Wildman–Crippen LogP) is 3.62. The van der Waals surface area contributed by atoms with Gasteiger partial charge < -0.3 is 5.11 Å². The lowest BCUT2D eigenvalue weighted by atomic mass is 10.2. The highest BCUT2D eigenvalue weighted by Gasteiger charge is 2.09. The van der Waals surface area contributed by atoms with Crippen LogP contribution in [-0.4, -0.2) is 11.4 Å². The Hall–Kier alpha value is -0.320. The maximum absolute atomic E-state index is 9.56. The van der Waals surface area contributed by atoms with Gasteiger partial charge in [0.1, 0.15) is 5.75 Å². The quantitative estimate of drug-likeness (QED) is 0.574. The molecule has 1 N–H and O–H groups in total. The standard InChI is InChI=1S/C9H8OS3/c1-12-7-3-2-6(11)8-5(10)4-13-9(7)8/h2-4,10-11H,1H3. The van der Waals surface area contributed by atoms with Crippen molar-refractivity contribution in [2.24, 2.45) is 0 Å². The number of thiol groups is 1. The van der Waals surface area contributed by atoms with Crippen LogP contribution >= 0.6 is 35.7 Å². The van der Waals surface area contributed by atoms with Crippen LogP contribution in [0.5, 0.6) is 5.75 Å². The first-order valence-corrected chi connectivity index (χ1v) is 6.25. The van der Waals surface area contributed by atoms with Crippen LogP contribution in [0, 0.1) is 0 Å². The fourth-order valence-corrected chi connectivity index (χ4v) is 3.38. The molecule has 68 valence electrons. The molecule has 1 aromatic carbocycles. The van der Waals surface area contributed by atoms with Crippen LogP contribution in [0.4, 0.5) is 0 Å². The minimum absolute atomic E-state index is 0.334. The lowest BCUT2D eigenvalue weighted by molar-refractivity contribution is 0.483. The van der Waals surface area contributed by atoms with Crippen molar-refractivity contribution in [3.05, 3.63) is 17.5 Å². The van der Waals surface area contributed by atoms with Crippen LogP contribution in [0.15, 0.2) is 27.3 Å². The summed E-state index contributed by atoms with van der Waals surface area (Å²) >= 11 is 7.55. The number of benzene rings is 1. The second kappa shape index (κ2) is 3.44. The first-order chi connectivity index (χ1) is 6.24. The van der Waals surface area contributed by atoms with Crippen molar-refractivity contribution in [2.45, 2.75) is 9.79 Å². The first kappa shape index (κ1) is 9.24. The van der Waals surface area contributed by atoms with Gasteiger partial charge in [-0.25, -0.2) is 0 Å². The van der Waals surface area contributed by atoms with E-state index in [0.29, 0.717) is 5.75 Å². The monoisotopic (exact) mass is 228 g/mol. The van der Waals surface area contributed by atoms with E-state index in [0.717, 1.165) is 15.0 Å². The molecule has 2 rings (SSSR count). The molecule has 0 saturated carbocycles. The Labute approximate surface area is 90.2 Å². The van der Waals surface area contributed by atoms with Crippen LogP contribution < -0.4 is 0 Å². The van der Waals surface area contributed by atoms with E-state index in [9.17, 15) is 5.11 Å². The summed E-state index contributed by atoms with van der Waals surface area (Å²) in [7, 11) is 0. The lowest BCUT2D eigenvalue weighted by Gasteiger charge is -2.00. The molecule has 0 bridgehead atoms. The molecule has 1 heterocycles. The maximum Gasteiger partial charge on any atom is 0.135 e. The van der Waals surface area contributed by atoms with E-state index in [1.807, 2.05) is 18.4 Å². The van der Waals surface area contributed by atoms with Gasteiger partial charge in [0.2, 0.25) is 0 Å². The fraction of sp³-hybridized carbons (Fsp3) is 0.111. The number of fused-ring (bicyclic) bond motifs is 1. The van der Waals surface area contributed by atoms with Crippen LogP contribution in [0.3, 0.4) is 0 Å². The molecule has 4 heteroatoms. The van der Waals surface area contributed by atoms with Gasteiger partial charge in [-0.1, -0.05) is 0 Å². The normalized spacial score (nSPS) is 10.9.